The lowest BCUT2D eigenvalue weighted by Crippen LogP contribution is -2.34. The van der Waals surface area contributed by atoms with Crippen LogP contribution in [0.15, 0.2) is 53.3 Å². The summed E-state index contributed by atoms with van der Waals surface area (Å²) in [6, 6.07) is 14.5. The third-order valence-electron chi connectivity index (χ3n) is 5.40. The number of nitrogens with one attached hydrogen (secondary N) is 1. The predicted molar refractivity (Wildman–Crippen MR) is 114 cm³/mol. The smallest absolute Gasteiger partial charge is 0.275 e. The number of fused-ring (bicyclic) bond motifs is 1. The molecule has 1 fully saturated rings. The maximum atomic E-state index is 12.6. The first-order chi connectivity index (χ1) is 14.5. The molecule has 0 aliphatic carbocycles. The lowest BCUT2D eigenvalue weighted by atomic mass is 10.1. The standard InChI is InChI=1S/C23H24N4O3/c1-16-19-9-2-3-10-20(19)23(30)27(25-16)15-21(28)24-14-17-7-6-8-18(13-17)22(29)26-11-4-5-12-26/h2-3,6-10,13H,4-5,11-12,14-15H2,1H3,(H,24,28). The van der Waals surface area contributed by atoms with Gasteiger partial charge in [-0.3, -0.25) is 14.4 Å². The van der Waals surface area contributed by atoms with Crippen molar-refractivity contribution in [1.29, 1.82) is 0 Å². The van der Waals surface area contributed by atoms with Crippen LogP contribution in [0.3, 0.4) is 0 Å². The van der Waals surface area contributed by atoms with Gasteiger partial charge in [-0.1, -0.05) is 30.3 Å². The van der Waals surface area contributed by atoms with E-state index < -0.39 is 0 Å². The molecule has 1 aliphatic rings. The molecule has 2 aromatic carbocycles. The van der Waals surface area contributed by atoms with E-state index in [1.54, 1.807) is 18.2 Å². The van der Waals surface area contributed by atoms with Crippen molar-refractivity contribution >= 4 is 22.6 Å². The van der Waals surface area contributed by atoms with Gasteiger partial charge < -0.3 is 10.2 Å². The number of carbonyl (C=O) groups excluding carboxylic acids is 2. The predicted octanol–water partition coefficient (Wildman–Crippen LogP) is 2.26. The highest BCUT2D eigenvalue weighted by molar-refractivity contribution is 5.94. The second kappa shape index (κ2) is 8.49. The number of nitrogens with zero attached hydrogens (tertiary/aromatic N) is 3. The molecule has 154 valence electrons. The van der Waals surface area contributed by atoms with Crippen molar-refractivity contribution in [2.45, 2.75) is 32.9 Å². The molecule has 0 bridgehead atoms. The highest BCUT2D eigenvalue weighted by atomic mass is 16.2. The quantitative estimate of drug-likeness (QED) is 0.707. The summed E-state index contributed by atoms with van der Waals surface area (Å²) in [4.78, 5) is 39.4. The van der Waals surface area contributed by atoms with Gasteiger partial charge in [0.25, 0.3) is 11.5 Å². The van der Waals surface area contributed by atoms with Crippen molar-refractivity contribution in [2.24, 2.45) is 0 Å². The van der Waals surface area contributed by atoms with Crippen LogP contribution in [0.25, 0.3) is 10.8 Å². The molecule has 0 radical (unpaired) electrons. The van der Waals surface area contributed by atoms with Crippen LogP contribution in [0.2, 0.25) is 0 Å². The minimum Gasteiger partial charge on any atom is -0.350 e. The first-order valence-electron chi connectivity index (χ1n) is 10.1. The average molecular weight is 404 g/mol. The summed E-state index contributed by atoms with van der Waals surface area (Å²) < 4.78 is 1.19. The van der Waals surface area contributed by atoms with Gasteiger partial charge in [-0.05, 0) is 43.5 Å². The number of hydrogen-bond donors (Lipinski definition) is 1. The minimum atomic E-state index is -0.310. The fourth-order valence-electron chi connectivity index (χ4n) is 3.82. The Morgan fingerprint density at radius 1 is 1.03 bits per heavy atom. The molecule has 30 heavy (non-hydrogen) atoms. The zero-order valence-electron chi connectivity index (χ0n) is 16.9. The van der Waals surface area contributed by atoms with E-state index in [0.717, 1.165) is 36.9 Å². The van der Waals surface area contributed by atoms with Crippen molar-refractivity contribution in [3.8, 4) is 0 Å². The molecule has 2 heterocycles. The molecule has 0 unspecified atom stereocenters. The summed E-state index contributed by atoms with van der Waals surface area (Å²) >= 11 is 0. The number of hydrogen-bond acceptors (Lipinski definition) is 4. The lowest BCUT2D eigenvalue weighted by molar-refractivity contribution is -0.122. The van der Waals surface area contributed by atoms with Gasteiger partial charge in [0.15, 0.2) is 0 Å². The maximum absolute atomic E-state index is 12.6. The van der Waals surface area contributed by atoms with Crippen LogP contribution < -0.4 is 10.9 Å². The van der Waals surface area contributed by atoms with Gasteiger partial charge in [0.2, 0.25) is 5.91 Å². The number of carbonyl (C=O) groups is 2. The topological polar surface area (TPSA) is 84.3 Å². The van der Waals surface area contributed by atoms with Crippen molar-refractivity contribution in [2.75, 3.05) is 13.1 Å². The highest BCUT2D eigenvalue weighted by Crippen LogP contribution is 2.14. The van der Waals surface area contributed by atoms with E-state index >= 15 is 0 Å². The number of aromatic nitrogens is 2. The third kappa shape index (κ3) is 4.10. The molecular weight excluding hydrogens is 380 g/mol. The molecule has 7 heteroatoms. The van der Waals surface area contributed by atoms with Crippen LogP contribution in [0, 0.1) is 6.92 Å². The van der Waals surface area contributed by atoms with Gasteiger partial charge in [0.1, 0.15) is 6.54 Å². The molecule has 0 spiro atoms. The third-order valence-corrected chi connectivity index (χ3v) is 5.40. The van der Waals surface area contributed by atoms with Crippen LogP contribution >= 0.6 is 0 Å². The summed E-state index contributed by atoms with van der Waals surface area (Å²) in [5.74, 6) is -0.279. The summed E-state index contributed by atoms with van der Waals surface area (Å²) in [5.41, 5.74) is 1.88. The van der Waals surface area contributed by atoms with Gasteiger partial charge in [-0.2, -0.15) is 5.10 Å². The van der Waals surface area contributed by atoms with Gasteiger partial charge in [-0.15, -0.1) is 0 Å². The Hall–Kier alpha value is -3.48. The highest BCUT2D eigenvalue weighted by Gasteiger charge is 2.19. The fraction of sp³-hybridized carbons (Fsp3) is 0.304. The van der Waals surface area contributed by atoms with E-state index in [4.69, 9.17) is 0 Å². The van der Waals surface area contributed by atoms with E-state index in [0.29, 0.717) is 16.6 Å². The molecule has 4 rings (SSSR count). The van der Waals surface area contributed by atoms with Gasteiger partial charge >= 0.3 is 0 Å². The fourth-order valence-corrected chi connectivity index (χ4v) is 3.82. The Balaban J connectivity index is 1.43. The van der Waals surface area contributed by atoms with Crippen LogP contribution in [-0.2, 0) is 17.9 Å². The molecule has 0 saturated carbocycles. The number of aryl methyl sites for hydroxylation is 1. The van der Waals surface area contributed by atoms with Crippen LogP contribution in [0.4, 0.5) is 0 Å². The van der Waals surface area contributed by atoms with Crippen molar-refractivity contribution in [3.05, 3.63) is 75.7 Å². The molecule has 1 N–H and O–H groups in total. The van der Waals surface area contributed by atoms with Crippen molar-refractivity contribution in [1.82, 2.24) is 20.0 Å². The normalized spacial score (nSPS) is 13.6. The monoisotopic (exact) mass is 404 g/mol. The summed E-state index contributed by atoms with van der Waals surface area (Å²) in [6.45, 7) is 3.54. The Morgan fingerprint density at radius 3 is 2.53 bits per heavy atom. The molecule has 7 nitrogen and oxygen atoms in total. The molecule has 1 aliphatic heterocycles. The first-order valence-corrected chi connectivity index (χ1v) is 10.1. The minimum absolute atomic E-state index is 0.0306. The number of benzene rings is 2. The second-order valence-corrected chi connectivity index (χ2v) is 7.57. The second-order valence-electron chi connectivity index (χ2n) is 7.57. The van der Waals surface area contributed by atoms with Crippen molar-refractivity contribution in [3.63, 3.8) is 0 Å². The van der Waals surface area contributed by atoms with Crippen LogP contribution in [-0.4, -0.2) is 39.6 Å². The first kappa shape index (κ1) is 19.8. The zero-order valence-corrected chi connectivity index (χ0v) is 16.9. The Kier molecular flexibility index (Phi) is 5.61. The lowest BCUT2D eigenvalue weighted by Gasteiger charge is -2.15. The average Bonchev–Trinajstić information content (AvgIpc) is 3.30. The van der Waals surface area contributed by atoms with E-state index in [1.807, 2.05) is 42.2 Å². The van der Waals surface area contributed by atoms with E-state index in [-0.39, 0.29) is 30.5 Å². The maximum Gasteiger partial charge on any atom is 0.275 e. The van der Waals surface area contributed by atoms with Crippen molar-refractivity contribution < 1.29 is 9.59 Å². The largest absolute Gasteiger partial charge is 0.350 e. The zero-order chi connectivity index (χ0) is 21.1. The summed E-state index contributed by atoms with van der Waals surface area (Å²) in [5, 5.41) is 8.42. The number of likely N-dealkylation sites (tertiary alicyclic amines) is 1. The van der Waals surface area contributed by atoms with Crippen LogP contribution in [0.5, 0.6) is 0 Å². The number of rotatable bonds is 5. The van der Waals surface area contributed by atoms with Gasteiger partial charge in [-0.25, -0.2) is 4.68 Å². The van der Waals surface area contributed by atoms with Gasteiger partial charge in [0, 0.05) is 30.6 Å². The Labute approximate surface area is 174 Å². The Morgan fingerprint density at radius 2 is 1.77 bits per heavy atom. The summed E-state index contributed by atoms with van der Waals surface area (Å²) in [6.07, 6.45) is 2.09. The van der Waals surface area contributed by atoms with Gasteiger partial charge in [0.05, 0.1) is 11.1 Å². The number of amides is 2. The molecule has 1 aromatic heterocycles. The van der Waals surface area contributed by atoms with Crippen LogP contribution in [0.1, 0.15) is 34.5 Å². The molecule has 1 saturated heterocycles. The summed E-state index contributed by atoms with van der Waals surface area (Å²) in [7, 11) is 0. The SMILES string of the molecule is Cc1nn(CC(=O)NCc2cccc(C(=O)N3CCCC3)c2)c(=O)c2ccccc12. The van der Waals surface area contributed by atoms with E-state index in [2.05, 4.69) is 10.4 Å². The Bertz CT molecular complexity index is 1160. The van der Waals surface area contributed by atoms with E-state index in [1.165, 1.54) is 4.68 Å². The molecule has 2 amide bonds. The molecule has 0 atom stereocenters. The van der Waals surface area contributed by atoms with E-state index in [9.17, 15) is 14.4 Å². The molecular formula is C23H24N4O3. The molecule has 3 aromatic rings.